The van der Waals surface area contributed by atoms with Crippen LogP contribution in [0.15, 0.2) is 54.7 Å². The Morgan fingerprint density at radius 2 is 1.85 bits per heavy atom. The van der Waals surface area contributed by atoms with Gasteiger partial charge in [-0.15, -0.1) is 0 Å². The van der Waals surface area contributed by atoms with Crippen LogP contribution in [0.4, 0.5) is 0 Å². The summed E-state index contributed by atoms with van der Waals surface area (Å²) in [5, 5.41) is 2.75. The summed E-state index contributed by atoms with van der Waals surface area (Å²) in [6, 6.07) is 13.4. The molecule has 1 aromatic heterocycles. The van der Waals surface area contributed by atoms with Gasteiger partial charge in [0, 0.05) is 24.7 Å². The van der Waals surface area contributed by atoms with Crippen LogP contribution in [0.25, 0.3) is 0 Å². The van der Waals surface area contributed by atoms with Gasteiger partial charge in [-0.05, 0) is 24.1 Å². The van der Waals surface area contributed by atoms with Crippen LogP contribution in [0.1, 0.15) is 31.0 Å². The van der Waals surface area contributed by atoms with E-state index in [9.17, 15) is 9.59 Å². The predicted molar refractivity (Wildman–Crippen MR) is 104 cm³/mol. The maximum absolute atomic E-state index is 12.5. The number of carbonyl (C=O) groups excluding carboxylic acids is 2. The average Bonchev–Trinajstić information content (AvgIpc) is 2.69. The molecule has 0 fully saturated rings. The molecule has 2 atom stereocenters. The highest BCUT2D eigenvalue weighted by Gasteiger charge is 2.25. The summed E-state index contributed by atoms with van der Waals surface area (Å²) < 4.78 is 5.31. The number of nitrogens with two attached hydrogens (primary N) is 1. The molecule has 6 heteroatoms. The molecule has 0 aliphatic rings. The van der Waals surface area contributed by atoms with Gasteiger partial charge in [0.05, 0.1) is 12.6 Å². The van der Waals surface area contributed by atoms with Gasteiger partial charge in [-0.2, -0.15) is 0 Å². The molecule has 2 rings (SSSR count). The molecule has 0 aliphatic heterocycles. The minimum absolute atomic E-state index is 0.301. The molecule has 0 aliphatic carbocycles. The zero-order valence-corrected chi connectivity index (χ0v) is 15.6. The van der Waals surface area contributed by atoms with Gasteiger partial charge in [0.15, 0.2) is 0 Å². The van der Waals surface area contributed by atoms with Gasteiger partial charge < -0.3 is 15.8 Å². The average molecular weight is 369 g/mol. The Hall–Kier alpha value is -2.73. The molecule has 0 bridgehead atoms. The summed E-state index contributed by atoms with van der Waals surface area (Å²) in [6.45, 7) is 2.37. The molecule has 27 heavy (non-hydrogen) atoms. The van der Waals surface area contributed by atoms with E-state index in [1.165, 1.54) is 0 Å². The number of nitrogens with zero attached hydrogens (tertiary/aromatic N) is 1. The Kier molecular flexibility index (Phi) is 8.45. The zero-order chi connectivity index (χ0) is 19.5. The van der Waals surface area contributed by atoms with Crippen molar-refractivity contribution in [1.29, 1.82) is 0 Å². The summed E-state index contributed by atoms with van der Waals surface area (Å²) in [5.41, 5.74) is 7.67. The van der Waals surface area contributed by atoms with E-state index in [-0.39, 0.29) is 0 Å². The monoisotopic (exact) mass is 369 g/mol. The van der Waals surface area contributed by atoms with Crippen molar-refractivity contribution in [2.75, 3.05) is 6.61 Å². The fourth-order valence-electron chi connectivity index (χ4n) is 2.58. The number of unbranched alkanes of at least 4 members (excludes halogenated alkanes) is 1. The van der Waals surface area contributed by atoms with E-state index in [0.717, 1.165) is 24.1 Å². The minimum Gasteiger partial charge on any atom is -0.464 e. The van der Waals surface area contributed by atoms with Crippen molar-refractivity contribution in [3.8, 4) is 0 Å². The van der Waals surface area contributed by atoms with Gasteiger partial charge in [-0.3, -0.25) is 9.78 Å². The van der Waals surface area contributed by atoms with Gasteiger partial charge in [0.2, 0.25) is 5.91 Å². The van der Waals surface area contributed by atoms with Gasteiger partial charge in [-0.25, -0.2) is 4.79 Å². The minimum atomic E-state index is -0.790. The first-order chi connectivity index (χ1) is 13.1. The third-order valence-electron chi connectivity index (χ3n) is 4.12. The number of nitrogens with one attached hydrogen (secondary N) is 1. The van der Waals surface area contributed by atoms with Crippen LogP contribution in [0.2, 0.25) is 0 Å². The normalized spacial score (nSPS) is 12.8. The Labute approximate surface area is 160 Å². The number of carbonyl (C=O) groups is 2. The molecule has 144 valence electrons. The molecule has 0 saturated heterocycles. The first-order valence-corrected chi connectivity index (χ1v) is 9.26. The summed E-state index contributed by atoms with van der Waals surface area (Å²) in [6.07, 6.45) is 4.03. The summed E-state index contributed by atoms with van der Waals surface area (Å²) in [7, 11) is 0. The second kappa shape index (κ2) is 11.1. The quantitative estimate of drug-likeness (QED) is 0.494. The second-order valence-corrected chi connectivity index (χ2v) is 6.40. The van der Waals surface area contributed by atoms with E-state index >= 15 is 0 Å². The third-order valence-corrected chi connectivity index (χ3v) is 4.12. The molecule has 1 aromatic carbocycles. The SMILES string of the molecule is CCCCOC(=O)[C@H](Cc1ccccc1)NC(=O)[C@@H](N)Cc1ccccn1. The van der Waals surface area contributed by atoms with Crippen molar-refractivity contribution in [2.45, 2.75) is 44.7 Å². The topological polar surface area (TPSA) is 94.3 Å². The fourth-order valence-corrected chi connectivity index (χ4v) is 2.58. The standard InChI is InChI=1S/C21H27N3O3/c1-2-3-13-27-21(26)19(14-16-9-5-4-6-10-16)24-20(25)18(22)15-17-11-7-8-12-23-17/h4-12,18-19H,2-3,13-15,22H2,1H3,(H,24,25)/t18-,19-/m0/s1. The molecule has 1 amide bonds. The highest BCUT2D eigenvalue weighted by atomic mass is 16.5. The molecule has 0 radical (unpaired) electrons. The van der Waals surface area contributed by atoms with Crippen LogP contribution < -0.4 is 11.1 Å². The lowest BCUT2D eigenvalue weighted by molar-refractivity contribution is -0.148. The molecule has 3 N–H and O–H groups in total. The number of hydrogen-bond donors (Lipinski definition) is 2. The van der Waals surface area contributed by atoms with Crippen molar-refractivity contribution in [3.05, 3.63) is 66.0 Å². The zero-order valence-electron chi connectivity index (χ0n) is 15.6. The lowest BCUT2D eigenvalue weighted by Gasteiger charge is -2.20. The number of rotatable bonds is 10. The van der Waals surface area contributed by atoms with E-state index in [0.29, 0.717) is 19.4 Å². The van der Waals surface area contributed by atoms with Crippen LogP contribution in [-0.2, 0) is 27.2 Å². The summed E-state index contributed by atoms with van der Waals surface area (Å²) >= 11 is 0. The van der Waals surface area contributed by atoms with Gasteiger partial charge >= 0.3 is 5.97 Å². The molecule has 2 aromatic rings. The van der Waals surface area contributed by atoms with Gasteiger partial charge in [-0.1, -0.05) is 49.7 Å². The van der Waals surface area contributed by atoms with Crippen molar-refractivity contribution in [1.82, 2.24) is 10.3 Å². The van der Waals surface area contributed by atoms with Crippen molar-refractivity contribution >= 4 is 11.9 Å². The maximum Gasteiger partial charge on any atom is 0.328 e. The first-order valence-electron chi connectivity index (χ1n) is 9.26. The van der Waals surface area contributed by atoms with E-state index in [1.807, 2.05) is 49.4 Å². The Morgan fingerprint density at radius 1 is 1.11 bits per heavy atom. The van der Waals surface area contributed by atoms with Gasteiger partial charge in [0.1, 0.15) is 6.04 Å². The second-order valence-electron chi connectivity index (χ2n) is 6.40. The molecular weight excluding hydrogens is 342 g/mol. The largest absolute Gasteiger partial charge is 0.464 e. The lowest BCUT2D eigenvalue weighted by Crippen LogP contribution is -2.50. The highest BCUT2D eigenvalue weighted by Crippen LogP contribution is 2.06. The van der Waals surface area contributed by atoms with E-state index < -0.39 is 24.0 Å². The van der Waals surface area contributed by atoms with Crippen LogP contribution in [0, 0.1) is 0 Å². The maximum atomic E-state index is 12.5. The molecule has 6 nitrogen and oxygen atoms in total. The summed E-state index contributed by atoms with van der Waals surface area (Å²) in [4.78, 5) is 29.1. The number of aromatic nitrogens is 1. The molecule has 1 heterocycles. The number of amides is 1. The van der Waals surface area contributed by atoms with Crippen molar-refractivity contribution in [3.63, 3.8) is 0 Å². The molecule has 0 unspecified atom stereocenters. The number of esters is 1. The van der Waals surface area contributed by atoms with Crippen LogP contribution in [-0.4, -0.2) is 35.6 Å². The smallest absolute Gasteiger partial charge is 0.328 e. The number of benzene rings is 1. The summed E-state index contributed by atoms with van der Waals surface area (Å²) in [5.74, 6) is -0.834. The molecular formula is C21H27N3O3. The first kappa shape index (κ1) is 20.6. The van der Waals surface area contributed by atoms with Crippen molar-refractivity contribution < 1.29 is 14.3 Å². The Balaban J connectivity index is 2.00. The lowest BCUT2D eigenvalue weighted by atomic mass is 10.0. The van der Waals surface area contributed by atoms with E-state index in [4.69, 9.17) is 10.5 Å². The molecule has 0 saturated carbocycles. The van der Waals surface area contributed by atoms with Crippen LogP contribution >= 0.6 is 0 Å². The predicted octanol–water partition coefficient (Wildman–Crippen LogP) is 2.02. The van der Waals surface area contributed by atoms with Crippen molar-refractivity contribution in [2.24, 2.45) is 5.73 Å². The van der Waals surface area contributed by atoms with E-state index in [1.54, 1.807) is 12.3 Å². The number of ether oxygens (including phenoxy) is 1. The Bertz CT molecular complexity index is 707. The Morgan fingerprint density at radius 3 is 2.52 bits per heavy atom. The van der Waals surface area contributed by atoms with E-state index in [2.05, 4.69) is 10.3 Å². The fraction of sp³-hybridized carbons (Fsp3) is 0.381. The number of pyridine rings is 1. The third kappa shape index (κ3) is 7.19. The van der Waals surface area contributed by atoms with Crippen LogP contribution in [0.5, 0.6) is 0 Å². The van der Waals surface area contributed by atoms with Crippen LogP contribution in [0.3, 0.4) is 0 Å². The molecule has 0 spiro atoms. The van der Waals surface area contributed by atoms with Gasteiger partial charge in [0.25, 0.3) is 0 Å². The highest BCUT2D eigenvalue weighted by molar-refractivity contribution is 5.87. The number of hydrogen-bond acceptors (Lipinski definition) is 5.